The molecule has 2 heterocycles. The molecule has 130 valence electrons. The number of halogens is 1. The van der Waals surface area contributed by atoms with E-state index in [0.29, 0.717) is 24.9 Å². The summed E-state index contributed by atoms with van der Waals surface area (Å²) < 4.78 is 0. The Morgan fingerprint density at radius 2 is 1.79 bits per heavy atom. The first-order valence-corrected chi connectivity index (χ1v) is 8.00. The van der Waals surface area contributed by atoms with E-state index in [2.05, 4.69) is 5.32 Å². The molecular formula is C17H22ClN3O3. The van der Waals surface area contributed by atoms with Gasteiger partial charge in [-0.3, -0.25) is 19.3 Å². The molecule has 1 atom stereocenters. The average Bonchev–Trinajstić information content (AvgIpc) is 2.87. The Kier molecular flexibility index (Phi) is 5.96. The molecule has 1 aromatic carbocycles. The Balaban J connectivity index is 0.00000208. The third kappa shape index (κ3) is 3.76. The van der Waals surface area contributed by atoms with Gasteiger partial charge in [-0.25, -0.2) is 0 Å². The molecule has 3 amide bonds. The molecule has 0 unspecified atom stereocenters. The molecule has 2 fully saturated rings. The third-order valence-corrected chi connectivity index (χ3v) is 4.46. The fourth-order valence-corrected chi connectivity index (χ4v) is 3.04. The molecule has 0 aliphatic carbocycles. The van der Waals surface area contributed by atoms with Gasteiger partial charge in [-0.05, 0) is 24.6 Å². The lowest BCUT2D eigenvalue weighted by atomic mass is 10.1. The number of carbonyl (C=O) groups is 3. The van der Waals surface area contributed by atoms with Crippen molar-refractivity contribution in [1.29, 1.82) is 0 Å². The number of carbonyl (C=O) groups excluding carboxylic acids is 3. The Morgan fingerprint density at radius 3 is 2.38 bits per heavy atom. The van der Waals surface area contributed by atoms with E-state index in [9.17, 15) is 14.4 Å². The van der Waals surface area contributed by atoms with E-state index < -0.39 is 0 Å². The van der Waals surface area contributed by atoms with Gasteiger partial charge in [0, 0.05) is 44.1 Å². The molecule has 2 aliphatic rings. The van der Waals surface area contributed by atoms with Crippen LogP contribution in [0.3, 0.4) is 0 Å². The minimum Gasteiger partial charge on any atom is -0.333 e. The van der Waals surface area contributed by atoms with Gasteiger partial charge in [0.2, 0.25) is 11.8 Å². The van der Waals surface area contributed by atoms with Gasteiger partial charge in [-0.2, -0.15) is 0 Å². The minimum absolute atomic E-state index is 0. The predicted molar refractivity (Wildman–Crippen MR) is 91.8 cm³/mol. The van der Waals surface area contributed by atoms with Gasteiger partial charge in [0.1, 0.15) is 0 Å². The summed E-state index contributed by atoms with van der Waals surface area (Å²) in [7, 11) is 0. The van der Waals surface area contributed by atoms with E-state index in [-0.39, 0.29) is 42.7 Å². The largest absolute Gasteiger partial charge is 0.333 e. The Bertz CT molecular complexity index is 616. The number of rotatable bonds is 3. The maximum absolute atomic E-state index is 12.5. The van der Waals surface area contributed by atoms with Gasteiger partial charge in [0.25, 0.3) is 5.91 Å². The summed E-state index contributed by atoms with van der Waals surface area (Å²) in [6.45, 7) is 4.65. The normalized spacial score (nSPS) is 21.0. The second-order valence-corrected chi connectivity index (χ2v) is 6.12. The Labute approximate surface area is 147 Å². The van der Waals surface area contributed by atoms with Crippen molar-refractivity contribution < 1.29 is 14.4 Å². The summed E-state index contributed by atoms with van der Waals surface area (Å²) in [5.41, 5.74) is 1.50. The molecule has 0 bridgehead atoms. The summed E-state index contributed by atoms with van der Waals surface area (Å²) in [6.07, 6.45) is 0.604. The summed E-state index contributed by atoms with van der Waals surface area (Å²) >= 11 is 0. The standard InChI is InChI=1S/C17H21N3O3.ClH/c1-12-10-18-8-9-19(12)17(23)14-4-2-13(3-5-14)11-20-15(21)6-7-16(20)22;/h2-5,12,18H,6-11H2,1H3;1H/t12-;/m1./s1. The van der Waals surface area contributed by atoms with Crippen molar-refractivity contribution in [1.82, 2.24) is 15.1 Å². The molecular weight excluding hydrogens is 330 g/mol. The van der Waals surface area contributed by atoms with Crippen LogP contribution in [0.4, 0.5) is 0 Å². The molecule has 0 saturated carbocycles. The molecule has 7 heteroatoms. The lowest BCUT2D eigenvalue weighted by Crippen LogP contribution is -2.52. The van der Waals surface area contributed by atoms with Crippen molar-refractivity contribution in [2.45, 2.75) is 32.4 Å². The van der Waals surface area contributed by atoms with Crippen LogP contribution in [-0.2, 0) is 16.1 Å². The van der Waals surface area contributed by atoms with Crippen LogP contribution in [0.15, 0.2) is 24.3 Å². The number of nitrogens with zero attached hydrogens (tertiary/aromatic N) is 2. The summed E-state index contributed by atoms with van der Waals surface area (Å²) in [5, 5.41) is 3.27. The van der Waals surface area contributed by atoms with Crippen molar-refractivity contribution in [3.05, 3.63) is 35.4 Å². The zero-order valence-corrected chi connectivity index (χ0v) is 14.5. The van der Waals surface area contributed by atoms with Gasteiger partial charge < -0.3 is 10.2 Å². The second-order valence-electron chi connectivity index (χ2n) is 6.12. The number of amides is 3. The number of hydrogen-bond donors (Lipinski definition) is 1. The molecule has 0 spiro atoms. The maximum atomic E-state index is 12.5. The SMILES string of the molecule is C[C@@H]1CNCCN1C(=O)c1ccc(CN2C(=O)CCC2=O)cc1.Cl. The zero-order chi connectivity index (χ0) is 16.4. The van der Waals surface area contributed by atoms with Gasteiger partial charge in [-0.15, -0.1) is 12.4 Å². The third-order valence-electron chi connectivity index (χ3n) is 4.46. The summed E-state index contributed by atoms with van der Waals surface area (Å²) in [4.78, 5) is 39.0. The number of benzene rings is 1. The molecule has 6 nitrogen and oxygen atoms in total. The van der Waals surface area contributed by atoms with Gasteiger partial charge in [-0.1, -0.05) is 12.1 Å². The van der Waals surface area contributed by atoms with Crippen molar-refractivity contribution in [3.8, 4) is 0 Å². The number of likely N-dealkylation sites (tertiary alicyclic amines) is 1. The molecule has 2 aliphatic heterocycles. The highest BCUT2D eigenvalue weighted by atomic mass is 35.5. The van der Waals surface area contributed by atoms with E-state index in [1.807, 2.05) is 24.0 Å². The fraction of sp³-hybridized carbons (Fsp3) is 0.471. The predicted octanol–water partition coefficient (Wildman–Crippen LogP) is 1.19. The number of piperazine rings is 1. The highest BCUT2D eigenvalue weighted by molar-refractivity contribution is 6.01. The first kappa shape index (κ1) is 18.4. The lowest BCUT2D eigenvalue weighted by Gasteiger charge is -2.34. The average molecular weight is 352 g/mol. The topological polar surface area (TPSA) is 69.7 Å². The van der Waals surface area contributed by atoms with Crippen molar-refractivity contribution >= 4 is 30.1 Å². The summed E-state index contributed by atoms with van der Waals surface area (Å²) in [5.74, 6) is -0.214. The van der Waals surface area contributed by atoms with Crippen molar-refractivity contribution in [2.75, 3.05) is 19.6 Å². The van der Waals surface area contributed by atoms with Crippen molar-refractivity contribution in [2.24, 2.45) is 0 Å². The molecule has 0 radical (unpaired) electrons. The molecule has 1 N–H and O–H groups in total. The lowest BCUT2D eigenvalue weighted by molar-refractivity contribution is -0.139. The zero-order valence-electron chi connectivity index (χ0n) is 13.7. The quantitative estimate of drug-likeness (QED) is 0.830. The van der Waals surface area contributed by atoms with Crippen LogP contribution >= 0.6 is 12.4 Å². The van der Waals surface area contributed by atoms with E-state index in [1.54, 1.807) is 12.1 Å². The fourth-order valence-electron chi connectivity index (χ4n) is 3.04. The van der Waals surface area contributed by atoms with Crippen LogP contribution in [0.25, 0.3) is 0 Å². The van der Waals surface area contributed by atoms with Gasteiger partial charge in [0.05, 0.1) is 6.54 Å². The van der Waals surface area contributed by atoms with E-state index >= 15 is 0 Å². The van der Waals surface area contributed by atoms with Crippen LogP contribution in [-0.4, -0.2) is 53.2 Å². The van der Waals surface area contributed by atoms with Crippen LogP contribution in [0.5, 0.6) is 0 Å². The Hall–Kier alpha value is -1.92. The highest BCUT2D eigenvalue weighted by Gasteiger charge is 2.29. The molecule has 1 aromatic rings. The first-order chi connectivity index (χ1) is 11.1. The highest BCUT2D eigenvalue weighted by Crippen LogP contribution is 2.17. The monoisotopic (exact) mass is 351 g/mol. The smallest absolute Gasteiger partial charge is 0.254 e. The van der Waals surface area contributed by atoms with Crippen LogP contribution in [0.1, 0.15) is 35.7 Å². The maximum Gasteiger partial charge on any atom is 0.254 e. The molecule has 0 aromatic heterocycles. The second kappa shape index (κ2) is 7.77. The molecule has 24 heavy (non-hydrogen) atoms. The van der Waals surface area contributed by atoms with E-state index in [0.717, 1.165) is 18.7 Å². The summed E-state index contributed by atoms with van der Waals surface area (Å²) in [6, 6.07) is 7.36. The van der Waals surface area contributed by atoms with Gasteiger partial charge in [0.15, 0.2) is 0 Å². The minimum atomic E-state index is -0.121. The number of nitrogens with one attached hydrogen (secondary N) is 1. The molecule has 3 rings (SSSR count). The first-order valence-electron chi connectivity index (χ1n) is 8.00. The van der Waals surface area contributed by atoms with Crippen LogP contribution < -0.4 is 5.32 Å². The van der Waals surface area contributed by atoms with Gasteiger partial charge >= 0.3 is 0 Å². The van der Waals surface area contributed by atoms with E-state index in [1.165, 1.54) is 4.90 Å². The Morgan fingerprint density at radius 1 is 1.17 bits per heavy atom. The number of hydrogen-bond acceptors (Lipinski definition) is 4. The number of imide groups is 1. The van der Waals surface area contributed by atoms with E-state index in [4.69, 9.17) is 0 Å². The van der Waals surface area contributed by atoms with Crippen molar-refractivity contribution in [3.63, 3.8) is 0 Å². The molecule has 2 saturated heterocycles. The van der Waals surface area contributed by atoms with Crippen LogP contribution in [0.2, 0.25) is 0 Å². The van der Waals surface area contributed by atoms with Crippen LogP contribution in [0, 0.1) is 0 Å².